The van der Waals surface area contributed by atoms with Gasteiger partial charge in [0.2, 0.25) is 10.0 Å². The molecule has 2 saturated heterocycles. The molecule has 0 saturated carbocycles. The van der Waals surface area contributed by atoms with Gasteiger partial charge in [0.05, 0.1) is 10.5 Å². The van der Waals surface area contributed by atoms with Crippen LogP contribution in [0, 0.1) is 5.82 Å². The van der Waals surface area contributed by atoms with Crippen molar-refractivity contribution in [2.24, 2.45) is 0 Å². The van der Waals surface area contributed by atoms with Crippen LogP contribution < -0.4 is 4.74 Å². The van der Waals surface area contributed by atoms with Crippen LogP contribution in [0.2, 0.25) is 0 Å². The molecule has 1 N–H and O–H groups in total. The van der Waals surface area contributed by atoms with E-state index in [4.69, 9.17) is 14.6 Å². The number of aliphatic carboxylic acids is 1. The number of carboxylic acid groups (broad SMARTS) is 1. The second kappa shape index (κ2) is 5.73. The molecular formula is C14H16FNO6S. The molecule has 2 fully saturated rings. The first-order valence-corrected chi connectivity index (χ1v) is 8.55. The van der Waals surface area contributed by atoms with Gasteiger partial charge in [0.25, 0.3) is 0 Å². The average molecular weight is 345 g/mol. The number of ether oxygens (including phenoxy) is 2. The first-order valence-electron chi connectivity index (χ1n) is 7.11. The molecule has 2 aliphatic rings. The zero-order valence-electron chi connectivity index (χ0n) is 12.2. The molecule has 1 spiro atoms. The summed E-state index contributed by atoms with van der Waals surface area (Å²) in [6, 6.07) is 3.16. The lowest BCUT2D eigenvalue weighted by Crippen LogP contribution is -2.62. The van der Waals surface area contributed by atoms with E-state index in [9.17, 15) is 17.6 Å². The smallest absolute Gasteiger partial charge is 0.341 e. The van der Waals surface area contributed by atoms with Crippen LogP contribution in [-0.4, -0.2) is 55.7 Å². The topological polar surface area (TPSA) is 93.1 Å². The first kappa shape index (κ1) is 16.2. The fraction of sp³-hybridized carbons (Fsp3) is 0.500. The molecule has 0 amide bonds. The molecule has 2 heterocycles. The maximum atomic E-state index is 13.9. The normalized spacial score (nSPS) is 20.4. The van der Waals surface area contributed by atoms with Gasteiger partial charge < -0.3 is 14.6 Å². The van der Waals surface area contributed by atoms with Gasteiger partial charge in [0, 0.05) is 19.7 Å². The van der Waals surface area contributed by atoms with Gasteiger partial charge in [-0.05, 0) is 31.0 Å². The van der Waals surface area contributed by atoms with Crippen molar-refractivity contribution in [2.75, 3.05) is 26.3 Å². The lowest BCUT2D eigenvalue weighted by atomic mass is 9.94. The largest absolute Gasteiger partial charge is 0.479 e. The number of hydrogen-bond donors (Lipinski definition) is 1. The van der Waals surface area contributed by atoms with E-state index in [0.717, 1.165) is 25.0 Å². The van der Waals surface area contributed by atoms with E-state index in [1.54, 1.807) is 0 Å². The highest BCUT2D eigenvalue weighted by Crippen LogP contribution is 2.38. The number of halogens is 1. The highest BCUT2D eigenvalue weighted by atomic mass is 32.2. The third-order valence-corrected chi connectivity index (χ3v) is 5.79. The van der Waals surface area contributed by atoms with Gasteiger partial charge in [-0.2, -0.15) is 4.31 Å². The van der Waals surface area contributed by atoms with Crippen molar-refractivity contribution in [3.8, 4) is 5.75 Å². The van der Waals surface area contributed by atoms with E-state index < -0.39 is 28.4 Å². The number of sulfonamides is 1. The van der Waals surface area contributed by atoms with Crippen molar-refractivity contribution in [3.05, 3.63) is 24.0 Å². The SMILES string of the molecule is O=C(O)COc1ccc(S(=O)(=O)N2CC3(CCCO3)C2)cc1F. The Morgan fingerprint density at radius 1 is 1.43 bits per heavy atom. The second-order valence-electron chi connectivity index (χ2n) is 5.68. The third kappa shape index (κ3) is 3.04. The van der Waals surface area contributed by atoms with Crippen LogP contribution in [0.15, 0.2) is 23.1 Å². The van der Waals surface area contributed by atoms with Crippen molar-refractivity contribution in [1.82, 2.24) is 4.31 Å². The summed E-state index contributed by atoms with van der Waals surface area (Å²) in [6.45, 7) is 0.482. The summed E-state index contributed by atoms with van der Waals surface area (Å²) in [5, 5.41) is 8.50. The summed E-state index contributed by atoms with van der Waals surface area (Å²) < 4.78 is 50.4. The molecular weight excluding hydrogens is 329 g/mol. The number of carbonyl (C=O) groups is 1. The Bertz CT molecular complexity index is 721. The Kier molecular flexibility index (Phi) is 4.03. The van der Waals surface area contributed by atoms with Crippen LogP contribution in [0.3, 0.4) is 0 Å². The number of nitrogens with zero attached hydrogens (tertiary/aromatic N) is 1. The number of rotatable bonds is 5. The van der Waals surface area contributed by atoms with Gasteiger partial charge in [-0.25, -0.2) is 17.6 Å². The molecule has 0 bridgehead atoms. The highest BCUT2D eigenvalue weighted by Gasteiger charge is 2.51. The molecule has 126 valence electrons. The lowest BCUT2D eigenvalue weighted by Gasteiger charge is -2.45. The van der Waals surface area contributed by atoms with Crippen molar-refractivity contribution in [2.45, 2.75) is 23.3 Å². The van der Waals surface area contributed by atoms with Gasteiger partial charge in [-0.3, -0.25) is 0 Å². The average Bonchev–Trinajstić information content (AvgIpc) is 2.94. The van der Waals surface area contributed by atoms with E-state index in [0.29, 0.717) is 6.61 Å². The minimum atomic E-state index is -3.79. The van der Waals surface area contributed by atoms with E-state index in [1.807, 2.05) is 0 Å². The fourth-order valence-corrected chi connectivity index (χ4v) is 4.42. The van der Waals surface area contributed by atoms with Crippen LogP contribution in [-0.2, 0) is 19.6 Å². The van der Waals surface area contributed by atoms with Gasteiger partial charge in [-0.1, -0.05) is 0 Å². The molecule has 9 heteroatoms. The molecule has 0 aliphatic carbocycles. The minimum absolute atomic E-state index is 0.189. The minimum Gasteiger partial charge on any atom is -0.479 e. The molecule has 7 nitrogen and oxygen atoms in total. The Balaban J connectivity index is 1.73. The molecule has 0 aromatic heterocycles. The number of benzene rings is 1. The predicted molar refractivity (Wildman–Crippen MR) is 76.2 cm³/mol. The molecule has 0 radical (unpaired) electrons. The van der Waals surface area contributed by atoms with Crippen LogP contribution >= 0.6 is 0 Å². The summed E-state index contributed by atoms with van der Waals surface area (Å²) in [4.78, 5) is 10.2. The number of hydrogen-bond acceptors (Lipinski definition) is 5. The van der Waals surface area contributed by atoms with Crippen molar-refractivity contribution >= 4 is 16.0 Å². The summed E-state index contributed by atoms with van der Waals surface area (Å²) in [7, 11) is -3.79. The van der Waals surface area contributed by atoms with E-state index in [2.05, 4.69) is 0 Å². The maximum Gasteiger partial charge on any atom is 0.341 e. The van der Waals surface area contributed by atoms with Crippen molar-refractivity contribution < 1.29 is 32.2 Å². The van der Waals surface area contributed by atoms with Gasteiger partial charge in [-0.15, -0.1) is 0 Å². The Morgan fingerprint density at radius 2 is 2.17 bits per heavy atom. The van der Waals surface area contributed by atoms with Gasteiger partial charge in [0.15, 0.2) is 18.2 Å². The molecule has 1 aromatic rings. The van der Waals surface area contributed by atoms with Crippen LogP contribution in [0.25, 0.3) is 0 Å². The van der Waals surface area contributed by atoms with Crippen LogP contribution in [0.4, 0.5) is 4.39 Å². The van der Waals surface area contributed by atoms with E-state index in [1.165, 1.54) is 10.4 Å². The Hall–Kier alpha value is -1.71. The van der Waals surface area contributed by atoms with E-state index >= 15 is 0 Å². The van der Waals surface area contributed by atoms with Crippen LogP contribution in [0.5, 0.6) is 5.75 Å². The summed E-state index contributed by atoms with van der Waals surface area (Å²) in [6.07, 6.45) is 1.74. The highest BCUT2D eigenvalue weighted by molar-refractivity contribution is 7.89. The lowest BCUT2D eigenvalue weighted by molar-refractivity contribution is -0.139. The van der Waals surface area contributed by atoms with Gasteiger partial charge >= 0.3 is 5.97 Å². The molecule has 0 unspecified atom stereocenters. The standard InChI is InChI=1S/C14H16FNO6S/c15-11-6-10(2-3-12(11)21-7-13(17)18)23(19,20)16-8-14(9-16)4-1-5-22-14/h2-3,6H,1,4-5,7-9H2,(H,17,18). The fourth-order valence-electron chi connectivity index (χ4n) is 2.82. The van der Waals surface area contributed by atoms with Gasteiger partial charge in [0.1, 0.15) is 0 Å². The molecule has 1 aromatic carbocycles. The summed E-state index contributed by atoms with van der Waals surface area (Å²) >= 11 is 0. The molecule has 0 atom stereocenters. The monoisotopic (exact) mass is 345 g/mol. The quantitative estimate of drug-likeness (QED) is 0.850. The zero-order chi connectivity index (χ0) is 16.7. The predicted octanol–water partition coefficient (Wildman–Crippen LogP) is 0.843. The van der Waals surface area contributed by atoms with Crippen molar-refractivity contribution in [1.29, 1.82) is 0 Å². The molecule has 3 rings (SSSR count). The second-order valence-corrected chi connectivity index (χ2v) is 7.62. The zero-order valence-corrected chi connectivity index (χ0v) is 13.0. The Morgan fingerprint density at radius 3 is 2.74 bits per heavy atom. The third-order valence-electron chi connectivity index (χ3n) is 4.01. The maximum absolute atomic E-state index is 13.9. The van der Waals surface area contributed by atoms with E-state index in [-0.39, 0.29) is 29.3 Å². The van der Waals surface area contributed by atoms with Crippen LogP contribution in [0.1, 0.15) is 12.8 Å². The molecule has 2 aliphatic heterocycles. The summed E-state index contributed by atoms with van der Waals surface area (Å²) in [5.74, 6) is -2.46. The summed E-state index contributed by atoms with van der Waals surface area (Å²) in [5.41, 5.74) is -0.379. The molecule has 23 heavy (non-hydrogen) atoms. The Labute approximate surface area is 132 Å². The first-order chi connectivity index (χ1) is 10.8. The number of carboxylic acids is 1. The van der Waals surface area contributed by atoms with Crippen molar-refractivity contribution in [3.63, 3.8) is 0 Å².